The zero-order valence-electron chi connectivity index (χ0n) is 15.3. The number of hydrogen-bond donors (Lipinski definition) is 2. The molecule has 2 aliphatic carbocycles. The summed E-state index contributed by atoms with van der Waals surface area (Å²) in [5.41, 5.74) is 1.85. The predicted octanol–water partition coefficient (Wildman–Crippen LogP) is 3.71. The molecule has 0 saturated heterocycles. The Bertz CT molecular complexity index is 971. The molecule has 2 aromatic rings. The van der Waals surface area contributed by atoms with E-state index in [1.54, 1.807) is 30.3 Å². The Morgan fingerprint density at radius 2 is 1.85 bits per heavy atom. The number of hydrogen-bond acceptors (Lipinski definition) is 3. The molecule has 0 aliphatic heterocycles. The lowest BCUT2D eigenvalue weighted by molar-refractivity contribution is 0.0922. The quantitative estimate of drug-likeness (QED) is 0.825. The Balaban J connectivity index is 1.50. The summed E-state index contributed by atoms with van der Waals surface area (Å²) in [6, 6.07) is 13.6. The summed E-state index contributed by atoms with van der Waals surface area (Å²) in [6.07, 6.45) is 4.71. The highest BCUT2D eigenvalue weighted by Gasteiger charge is 2.40. The van der Waals surface area contributed by atoms with E-state index in [1.807, 2.05) is 13.0 Å². The number of rotatable bonds is 5. The highest BCUT2D eigenvalue weighted by atomic mass is 32.2. The van der Waals surface area contributed by atoms with Crippen LogP contribution in [0.25, 0.3) is 0 Å². The van der Waals surface area contributed by atoms with Gasteiger partial charge in [0.2, 0.25) is 0 Å². The van der Waals surface area contributed by atoms with Gasteiger partial charge in [-0.3, -0.25) is 9.52 Å². The van der Waals surface area contributed by atoms with Gasteiger partial charge >= 0.3 is 0 Å². The van der Waals surface area contributed by atoms with Gasteiger partial charge in [0.1, 0.15) is 0 Å². The first-order chi connectivity index (χ1) is 12.9. The summed E-state index contributed by atoms with van der Waals surface area (Å²) in [6.45, 7) is 1.90. The van der Waals surface area contributed by atoms with Gasteiger partial charge in [0.25, 0.3) is 15.9 Å². The molecule has 0 aromatic heterocycles. The van der Waals surface area contributed by atoms with Crippen LogP contribution >= 0.6 is 0 Å². The molecule has 2 N–H and O–H groups in total. The molecular formula is C21H24N2O3S. The number of sulfonamides is 1. The van der Waals surface area contributed by atoms with Crippen LogP contribution in [0.4, 0.5) is 5.69 Å². The molecule has 0 radical (unpaired) electrons. The van der Waals surface area contributed by atoms with Gasteiger partial charge in [0.15, 0.2) is 0 Å². The summed E-state index contributed by atoms with van der Waals surface area (Å²) < 4.78 is 28.0. The molecule has 2 aromatic carbocycles. The Morgan fingerprint density at radius 3 is 2.56 bits per heavy atom. The zero-order valence-corrected chi connectivity index (χ0v) is 16.1. The molecular weight excluding hydrogens is 360 g/mol. The fourth-order valence-corrected chi connectivity index (χ4v) is 5.50. The van der Waals surface area contributed by atoms with Gasteiger partial charge in [-0.25, -0.2) is 8.42 Å². The van der Waals surface area contributed by atoms with Crippen molar-refractivity contribution in [3.05, 3.63) is 59.7 Å². The van der Waals surface area contributed by atoms with Gasteiger partial charge in [-0.05, 0) is 73.9 Å². The van der Waals surface area contributed by atoms with E-state index in [-0.39, 0.29) is 16.8 Å². The molecule has 142 valence electrons. The van der Waals surface area contributed by atoms with E-state index in [9.17, 15) is 13.2 Å². The Kier molecular flexibility index (Phi) is 4.68. The molecule has 2 saturated carbocycles. The minimum Gasteiger partial charge on any atom is -0.349 e. The fourth-order valence-electron chi connectivity index (χ4n) is 4.40. The Labute approximate surface area is 160 Å². The largest absolute Gasteiger partial charge is 0.349 e. The van der Waals surface area contributed by atoms with Crippen LogP contribution in [0, 0.1) is 18.8 Å². The maximum atomic E-state index is 12.7. The van der Waals surface area contributed by atoms with E-state index in [2.05, 4.69) is 10.0 Å². The molecule has 2 aliphatic rings. The number of carbonyl (C=O) groups excluding carboxylic acids is 1. The summed E-state index contributed by atoms with van der Waals surface area (Å²) >= 11 is 0. The topological polar surface area (TPSA) is 75.3 Å². The van der Waals surface area contributed by atoms with Crippen molar-refractivity contribution in [1.29, 1.82) is 0 Å². The second-order valence-electron chi connectivity index (χ2n) is 7.76. The first-order valence-corrected chi connectivity index (χ1v) is 10.9. The van der Waals surface area contributed by atoms with Gasteiger partial charge in [-0.15, -0.1) is 0 Å². The van der Waals surface area contributed by atoms with E-state index in [4.69, 9.17) is 0 Å². The number of amides is 1. The third-order valence-electron chi connectivity index (χ3n) is 5.73. The van der Waals surface area contributed by atoms with Crippen LogP contribution in [-0.2, 0) is 10.0 Å². The number of aryl methyl sites for hydroxylation is 1. The van der Waals surface area contributed by atoms with Crippen molar-refractivity contribution in [1.82, 2.24) is 5.32 Å². The number of anilines is 1. The molecule has 0 heterocycles. The molecule has 6 heteroatoms. The van der Waals surface area contributed by atoms with Crippen molar-refractivity contribution in [3.8, 4) is 0 Å². The lowest BCUT2D eigenvalue weighted by atomic mass is 9.95. The van der Waals surface area contributed by atoms with Gasteiger partial charge in [0, 0.05) is 17.3 Å². The second kappa shape index (κ2) is 7.00. The fraction of sp³-hybridized carbons (Fsp3) is 0.381. The molecule has 3 atom stereocenters. The van der Waals surface area contributed by atoms with Crippen molar-refractivity contribution in [2.75, 3.05) is 4.72 Å². The third-order valence-corrected chi connectivity index (χ3v) is 7.11. The molecule has 27 heavy (non-hydrogen) atoms. The SMILES string of the molecule is Cc1cccc(NS(=O)(=O)c2cccc(C(=O)N[C@H]3C[C@H]4CC[C@@H]3C4)c2)c1. The van der Waals surface area contributed by atoms with Crippen molar-refractivity contribution >= 4 is 21.6 Å². The van der Waals surface area contributed by atoms with E-state index < -0.39 is 10.0 Å². The van der Waals surface area contributed by atoms with Crippen LogP contribution in [0.2, 0.25) is 0 Å². The smallest absolute Gasteiger partial charge is 0.261 e. The highest BCUT2D eigenvalue weighted by Crippen LogP contribution is 2.44. The molecule has 1 amide bonds. The van der Waals surface area contributed by atoms with E-state index in [1.165, 1.54) is 31.4 Å². The van der Waals surface area contributed by atoms with Crippen LogP contribution < -0.4 is 10.0 Å². The van der Waals surface area contributed by atoms with E-state index >= 15 is 0 Å². The standard InChI is InChI=1S/C21H24N2O3S/c1-14-4-2-6-18(10-14)23-27(25,26)19-7-3-5-17(13-19)21(24)22-20-12-15-8-9-16(20)11-15/h2-7,10,13,15-16,20,23H,8-9,11-12H2,1H3,(H,22,24)/t15-,16+,20-/m0/s1. The van der Waals surface area contributed by atoms with Crippen molar-refractivity contribution < 1.29 is 13.2 Å². The van der Waals surface area contributed by atoms with Crippen molar-refractivity contribution in [3.63, 3.8) is 0 Å². The van der Waals surface area contributed by atoms with Crippen molar-refractivity contribution in [2.24, 2.45) is 11.8 Å². The normalized spacial score (nSPS) is 24.0. The summed E-state index contributed by atoms with van der Waals surface area (Å²) in [7, 11) is -3.75. The third kappa shape index (κ3) is 3.86. The molecule has 0 unspecified atom stereocenters. The highest BCUT2D eigenvalue weighted by molar-refractivity contribution is 7.92. The Morgan fingerprint density at radius 1 is 1.04 bits per heavy atom. The number of carbonyl (C=O) groups is 1. The van der Waals surface area contributed by atoms with Crippen LogP contribution in [0.5, 0.6) is 0 Å². The molecule has 2 fully saturated rings. The second-order valence-corrected chi connectivity index (χ2v) is 9.44. The van der Waals surface area contributed by atoms with Gasteiger partial charge in [0.05, 0.1) is 4.90 Å². The minimum absolute atomic E-state index is 0.0876. The van der Waals surface area contributed by atoms with Crippen LogP contribution in [-0.4, -0.2) is 20.4 Å². The minimum atomic E-state index is -3.75. The number of fused-ring (bicyclic) bond motifs is 2. The van der Waals surface area contributed by atoms with Crippen LogP contribution in [0.3, 0.4) is 0 Å². The maximum Gasteiger partial charge on any atom is 0.261 e. The Hall–Kier alpha value is -2.34. The van der Waals surface area contributed by atoms with Gasteiger partial charge in [-0.1, -0.05) is 24.6 Å². The number of nitrogens with one attached hydrogen (secondary N) is 2. The predicted molar refractivity (Wildman–Crippen MR) is 105 cm³/mol. The summed E-state index contributed by atoms with van der Waals surface area (Å²) in [5.74, 6) is 1.12. The monoisotopic (exact) mass is 384 g/mol. The molecule has 5 nitrogen and oxygen atoms in total. The van der Waals surface area contributed by atoms with E-state index in [0.717, 1.165) is 17.9 Å². The first-order valence-electron chi connectivity index (χ1n) is 9.41. The average molecular weight is 385 g/mol. The molecule has 0 spiro atoms. The number of benzene rings is 2. The zero-order chi connectivity index (χ0) is 19.0. The van der Waals surface area contributed by atoms with Gasteiger partial charge < -0.3 is 5.32 Å². The van der Waals surface area contributed by atoms with Crippen molar-refractivity contribution in [2.45, 2.75) is 43.5 Å². The summed E-state index contributed by atoms with van der Waals surface area (Å²) in [5, 5.41) is 3.11. The lowest BCUT2D eigenvalue weighted by Gasteiger charge is -2.23. The molecule has 4 rings (SSSR count). The lowest BCUT2D eigenvalue weighted by Crippen LogP contribution is -2.38. The first kappa shape index (κ1) is 18.0. The average Bonchev–Trinajstić information content (AvgIpc) is 3.24. The van der Waals surface area contributed by atoms with Gasteiger partial charge in [-0.2, -0.15) is 0 Å². The van der Waals surface area contributed by atoms with Crippen LogP contribution in [0.15, 0.2) is 53.4 Å². The molecule has 2 bridgehead atoms. The van der Waals surface area contributed by atoms with E-state index in [0.29, 0.717) is 17.2 Å². The van der Waals surface area contributed by atoms with Crippen LogP contribution in [0.1, 0.15) is 41.6 Å². The summed E-state index contributed by atoms with van der Waals surface area (Å²) in [4.78, 5) is 12.7. The maximum absolute atomic E-state index is 12.7.